The van der Waals surface area contributed by atoms with Gasteiger partial charge in [-0.3, -0.25) is 0 Å². The van der Waals surface area contributed by atoms with Gasteiger partial charge in [-0.1, -0.05) is 12.8 Å². The lowest BCUT2D eigenvalue weighted by atomic mass is 9.86. The first kappa shape index (κ1) is 11.3. The number of hydrogen-bond donors (Lipinski definition) is 0. The Hall–Kier alpha value is -0.800. The Balaban J connectivity index is 2.45. The number of hydrogen-bond acceptors (Lipinski definition) is 3. The zero-order chi connectivity index (χ0) is 10.4. The van der Waals surface area contributed by atoms with Gasteiger partial charge in [-0.25, -0.2) is 9.79 Å². The van der Waals surface area contributed by atoms with Gasteiger partial charge in [0, 0.05) is 5.92 Å². The molecule has 80 valence electrons. The number of carbonyl (C=O) groups excluding carboxylic acids is 1. The predicted octanol–water partition coefficient (Wildman–Crippen LogP) is 2.12. The number of halogens is 2. The standard InChI is InChI=1S/C9H13F2NO2/c10-9(11)14-8-4-2-1-3-7(8)5-12-6-13/h7-9H,1-5H2. The third kappa shape index (κ3) is 3.52. The molecule has 1 fully saturated rings. The number of rotatable bonds is 4. The average molecular weight is 205 g/mol. The molecule has 0 bridgehead atoms. The van der Waals surface area contributed by atoms with Crippen LogP contribution in [0.15, 0.2) is 4.99 Å². The summed E-state index contributed by atoms with van der Waals surface area (Å²) in [5.74, 6) is -0.0563. The van der Waals surface area contributed by atoms with Crippen LogP contribution in [0.4, 0.5) is 8.78 Å². The van der Waals surface area contributed by atoms with Crippen molar-refractivity contribution in [3.05, 3.63) is 0 Å². The van der Waals surface area contributed by atoms with Crippen molar-refractivity contribution in [2.75, 3.05) is 6.54 Å². The molecular formula is C9H13F2NO2. The van der Waals surface area contributed by atoms with Crippen molar-refractivity contribution in [2.45, 2.75) is 38.4 Å². The third-order valence-corrected chi connectivity index (χ3v) is 2.51. The molecule has 14 heavy (non-hydrogen) atoms. The second-order valence-electron chi connectivity index (χ2n) is 3.41. The van der Waals surface area contributed by atoms with E-state index in [9.17, 15) is 13.6 Å². The SMILES string of the molecule is O=C=NCC1CCCCC1OC(F)F. The van der Waals surface area contributed by atoms with Gasteiger partial charge in [0.05, 0.1) is 12.6 Å². The van der Waals surface area contributed by atoms with Crippen molar-refractivity contribution in [1.82, 2.24) is 0 Å². The van der Waals surface area contributed by atoms with Crippen molar-refractivity contribution in [1.29, 1.82) is 0 Å². The van der Waals surface area contributed by atoms with Gasteiger partial charge in [0.15, 0.2) is 0 Å². The molecule has 0 aliphatic heterocycles. The first-order chi connectivity index (χ1) is 6.74. The first-order valence-corrected chi connectivity index (χ1v) is 4.71. The Labute approximate surface area is 81.2 Å². The lowest BCUT2D eigenvalue weighted by Crippen LogP contribution is -2.31. The lowest BCUT2D eigenvalue weighted by molar-refractivity contribution is -0.182. The Bertz CT molecular complexity index is 217. The molecule has 2 unspecified atom stereocenters. The van der Waals surface area contributed by atoms with Crippen LogP contribution in [0.3, 0.4) is 0 Å². The van der Waals surface area contributed by atoms with E-state index in [1.54, 1.807) is 0 Å². The van der Waals surface area contributed by atoms with E-state index in [4.69, 9.17) is 0 Å². The van der Waals surface area contributed by atoms with Gasteiger partial charge >= 0.3 is 6.61 Å². The molecule has 0 aromatic carbocycles. The van der Waals surface area contributed by atoms with Crippen LogP contribution in [-0.4, -0.2) is 25.3 Å². The van der Waals surface area contributed by atoms with Crippen LogP contribution in [0.25, 0.3) is 0 Å². The molecule has 0 radical (unpaired) electrons. The van der Waals surface area contributed by atoms with E-state index in [1.807, 2.05) is 0 Å². The molecule has 5 heteroatoms. The Kier molecular flexibility index (Phi) is 4.70. The van der Waals surface area contributed by atoms with E-state index < -0.39 is 12.7 Å². The smallest absolute Gasteiger partial charge is 0.319 e. The Morgan fingerprint density at radius 2 is 2.14 bits per heavy atom. The molecule has 0 saturated heterocycles. The molecule has 1 rings (SSSR count). The molecule has 3 nitrogen and oxygen atoms in total. The highest BCUT2D eigenvalue weighted by Crippen LogP contribution is 2.28. The maximum atomic E-state index is 12.0. The van der Waals surface area contributed by atoms with E-state index in [0.29, 0.717) is 6.42 Å². The van der Waals surface area contributed by atoms with Crippen molar-refractivity contribution in [3.8, 4) is 0 Å². The highest BCUT2D eigenvalue weighted by molar-refractivity contribution is 5.32. The minimum atomic E-state index is -2.74. The summed E-state index contributed by atoms with van der Waals surface area (Å²) in [5, 5.41) is 0. The summed E-state index contributed by atoms with van der Waals surface area (Å²) in [6.45, 7) is -2.48. The largest absolute Gasteiger partial charge is 0.345 e. The van der Waals surface area contributed by atoms with Crippen LogP contribution in [0.1, 0.15) is 25.7 Å². The van der Waals surface area contributed by atoms with Crippen molar-refractivity contribution in [2.24, 2.45) is 10.9 Å². The van der Waals surface area contributed by atoms with Gasteiger partial charge in [0.2, 0.25) is 6.08 Å². The zero-order valence-corrected chi connectivity index (χ0v) is 7.79. The quantitative estimate of drug-likeness (QED) is 0.521. The number of isocyanates is 1. The molecule has 0 aromatic heterocycles. The van der Waals surface area contributed by atoms with Crippen molar-refractivity contribution < 1.29 is 18.3 Å². The molecule has 1 aliphatic carbocycles. The van der Waals surface area contributed by atoms with Crippen molar-refractivity contribution in [3.63, 3.8) is 0 Å². The number of nitrogens with zero attached hydrogens (tertiary/aromatic N) is 1. The molecule has 1 saturated carbocycles. The molecule has 0 spiro atoms. The van der Waals surface area contributed by atoms with E-state index in [0.717, 1.165) is 19.3 Å². The first-order valence-electron chi connectivity index (χ1n) is 4.71. The summed E-state index contributed by atoms with van der Waals surface area (Å²) in [5.41, 5.74) is 0. The molecule has 0 amide bonds. The van der Waals surface area contributed by atoms with Gasteiger partial charge in [-0.15, -0.1) is 0 Å². The van der Waals surface area contributed by atoms with Gasteiger partial charge in [0.1, 0.15) is 0 Å². The van der Waals surface area contributed by atoms with Gasteiger partial charge in [-0.2, -0.15) is 8.78 Å². The summed E-state index contributed by atoms with van der Waals surface area (Å²) >= 11 is 0. The second-order valence-corrected chi connectivity index (χ2v) is 3.41. The minimum Gasteiger partial charge on any atom is -0.319 e. The minimum absolute atomic E-state index is 0.0563. The molecular weight excluding hydrogens is 192 g/mol. The third-order valence-electron chi connectivity index (χ3n) is 2.51. The zero-order valence-electron chi connectivity index (χ0n) is 7.79. The van der Waals surface area contributed by atoms with Gasteiger partial charge in [-0.05, 0) is 12.8 Å². The monoisotopic (exact) mass is 205 g/mol. The molecule has 0 N–H and O–H groups in total. The maximum Gasteiger partial charge on any atom is 0.345 e. The average Bonchev–Trinajstić information content (AvgIpc) is 2.16. The van der Waals surface area contributed by atoms with E-state index >= 15 is 0 Å². The summed E-state index contributed by atoms with van der Waals surface area (Å²) in [4.78, 5) is 13.3. The summed E-state index contributed by atoms with van der Waals surface area (Å²) < 4.78 is 28.4. The highest BCUT2D eigenvalue weighted by Gasteiger charge is 2.27. The highest BCUT2D eigenvalue weighted by atomic mass is 19.3. The van der Waals surface area contributed by atoms with Crippen LogP contribution in [0.2, 0.25) is 0 Å². The number of alkyl halides is 2. The van der Waals surface area contributed by atoms with Crippen LogP contribution in [0, 0.1) is 5.92 Å². The van der Waals surface area contributed by atoms with Crippen LogP contribution in [0.5, 0.6) is 0 Å². The molecule has 0 aromatic rings. The molecule has 0 heterocycles. The maximum absolute atomic E-state index is 12.0. The van der Waals surface area contributed by atoms with E-state index in [1.165, 1.54) is 6.08 Å². The fourth-order valence-electron chi connectivity index (χ4n) is 1.85. The summed E-state index contributed by atoms with van der Waals surface area (Å²) in [6, 6.07) is 0. The van der Waals surface area contributed by atoms with E-state index in [-0.39, 0.29) is 12.5 Å². The molecule has 1 aliphatic rings. The fourth-order valence-corrected chi connectivity index (χ4v) is 1.85. The summed E-state index contributed by atoms with van der Waals surface area (Å²) in [7, 11) is 0. The predicted molar refractivity (Wildman–Crippen MR) is 45.8 cm³/mol. The fraction of sp³-hybridized carbons (Fsp3) is 0.889. The Morgan fingerprint density at radius 1 is 1.43 bits per heavy atom. The normalized spacial score (nSPS) is 27.4. The Morgan fingerprint density at radius 3 is 2.79 bits per heavy atom. The number of aliphatic imine (C=N–C) groups is 1. The van der Waals surface area contributed by atoms with Gasteiger partial charge < -0.3 is 4.74 Å². The van der Waals surface area contributed by atoms with Crippen LogP contribution >= 0.6 is 0 Å². The lowest BCUT2D eigenvalue weighted by Gasteiger charge is -2.29. The second kappa shape index (κ2) is 5.83. The number of ether oxygens (including phenoxy) is 1. The van der Waals surface area contributed by atoms with E-state index in [2.05, 4.69) is 9.73 Å². The molecule has 2 atom stereocenters. The van der Waals surface area contributed by atoms with Crippen LogP contribution < -0.4 is 0 Å². The van der Waals surface area contributed by atoms with Crippen molar-refractivity contribution >= 4 is 6.08 Å². The summed E-state index contributed by atoms with van der Waals surface area (Å²) in [6.07, 6.45) is 4.28. The topological polar surface area (TPSA) is 38.7 Å². The van der Waals surface area contributed by atoms with Crippen LogP contribution in [-0.2, 0) is 9.53 Å². The van der Waals surface area contributed by atoms with Gasteiger partial charge in [0.25, 0.3) is 0 Å².